The standard InChI is InChI=1S/C14H17N5O/c15-14(7-3-4-8-14)13(20)17-11-5-1-2-6-12(11)19-10-9-16-18-19/h1-2,5-6,9-10H,3-4,7-8,15H2,(H,17,20). The average molecular weight is 271 g/mol. The number of nitrogens with two attached hydrogens (primary N) is 1. The van der Waals surface area contributed by atoms with Crippen LogP contribution in [0.2, 0.25) is 0 Å². The molecule has 6 heteroatoms. The van der Waals surface area contributed by atoms with Gasteiger partial charge in [0.1, 0.15) is 0 Å². The monoisotopic (exact) mass is 271 g/mol. The molecule has 2 aromatic rings. The molecule has 1 heterocycles. The summed E-state index contributed by atoms with van der Waals surface area (Å²) >= 11 is 0. The third kappa shape index (κ3) is 2.30. The third-order valence-electron chi connectivity index (χ3n) is 3.77. The molecule has 1 saturated carbocycles. The first-order chi connectivity index (χ1) is 9.69. The van der Waals surface area contributed by atoms with Crippen molar-refractivity contribution in [3.8, 4) is 5.69 Å². The maximum absolute atomic E-state index is 12.4. The second-order valence-electron chi connectivity index (χ2n) is 5.18. The predicted molar refractivity (Wildman–Crippen MR) is 75.4 cm³/mol. The maximum Gasteiger partial charge on any atom is 0.244 e. The van der Waals surface area contributed by atoms with Gasteiger partial charge in [-0.3, -0.25) is 4.79 Å². The minimum absolute atomic E-state index is 0.123. The molecule has 0 atom stereocenters. The summed E-state index contributed by atoms with van der Waals surface area (Å²) in [6.07, 6.45) is 6.83. The van der Waals surface area contributed by atoms with Gasteiger partial charge in [0.2, 0.25) is 5.91 Å². The lowest BCUT2D eigenvalue weighted by Gasteiger charge is -2.23. The Bertz CT molecular complexity index is 602. The van der Waals surface area contributed by atoms with E-state index in [4.69, 9.17) is 5.73 Å². The van der Waals surface area contributed by atoms with Gasteiger partial charge < -0.3 is 11.1 Å². The van der Waals surface area contributed by atoms with E-state index in [1.54, 1.807) is 17.1 Å². The molecule has 0 saturated heterocycles. The Morgan fingerprint density at radius 1 is 1.30 bits per heavy atom. The van der Waals surface area contributed by atoms with Crippen molar-refractivity contribution >= 4 is 11.6 Å². The van der Waals surface area contributed by atoms with Gasteiger partial charge >= 0.3 is 0 Å². The van der Waals surface area contributed by atoms with Crippen LogP contribution in [0, 0.1) is 0 Å². The Labute approximate surface area is 117 Å². The van der Waals surface area contributed by atoms with Crippen molar-refractivity contribution in [2.45, 2.75) is 31.2 Å². The molecule has 1 aliphatic carbocycles. The van der Waals surface area contributed by atoms with Crippen LogP contribution in [-0.4, -0.2) is 26.4 Å². The van der Waals surface area contributed by atoms with Crippen LogP contribution in [0.3, 0.4) is 0 Å². The molecule has 0 bridgehead atoms. The van der Waals surface area contributed by atoms with Crippen LogP contribution in [0.15, 0.2) is 36.7 Å². The summed E-state index contributed by atoms with van der Waals surface area (Å²) in [4.78, 5) is 12.4. The number of para-hydroxylation sites is 2. The molecule has 1 aromatic carbocycles. The van der Waals surface area contributed by atoms with Crippen molar-refractivity contribution in [3.05, 3.63) is 36.7 Å². The van der Waals surface area contributed by atoms with Gasteiger partial charge in [-0.15, -0.1) is 5.10 Å². The van der Waals surface area contributed by atoms with Crippen LogP contribution >= 0.6 is 0 Å². The fourth-order valence-corrected chi connectivity index (χ4v) is 2.60. The molecule has 1 amide bonds. The fourth-order valence-electron chi connectivity index (χ4n) is 2.60. The van der Waals surface area contributed by atoms with E-state index in [1.165, 1.54) is 0 Å². The number of amides is 1. The number of carbonyl (C=O) groups excluding carboxylic acids is 1. The Kier molecular flexibility index (Phi) is 3.23. The summed E-state index contributed by atoms with van der Waals surface area (Å²) in [6, 6.07) is 7.48. The lowest BCUT2D eigenvalue weighted by molar-refractivity contribution is -0.121. The summed E-state index contributed by atoms with van der Waals surface area (Å²) in [5, 5.41) is 10.7. The van der Waals surface area contributed by atoms with Gasteiger partial charge in [-0.2, -0.15) is 0 Å². The largest absolute Gasteiger partial charge is 0.323 e. The van der Waals surface area contributed by atoms with Crippen LogP contribution in [-0.2, 0) is 4.79 Å². The highest BCUT2D eigenvalue weighted by Crippen LogP contribution is 2.29. The molecule has 20 heavy (non-hydrogen) atoms. The molecular formula is C14H17N5O. The second-order valence-corrected chi connectivity index (χ2v) is 5.18. The summed E-state index contributed by atoms with van der Waals surface area (Å²) in [7, 11) is 0. The highest BCUT2D eigenvalue weighted by molar-refractivity contribution is 5.99. The molecule has 3 N–H and O–H groups in total. The van der Waals surface area contributed by atoms with Crippen molar-refractivity contribution in [1.82, 2.24) is 15.0 Å². The Morgan fingerprint density at radius 3 is 2.75 bits per heavy atom. The highest BCUT2D eigenvalue weighted by atomic mass is 16.2. The molecular weight excluding hydrogens is 254 g/mol. The number of carbonyl (C=O) groups is 1. The van der Waals surface area contributed by atoms with E-state index in [0.29, 0.717) is 5.69 Å². The summed E-state index contributed by atoms with van der Waals surface area (Å²) in [5.74, 6) is -0.123. The lowest BCUT2D eigenvalue weighted by Crippen LogP contribution is -2.48. The number of hydrogen-bond acceptors (Lipinski definition) is 4. The van der Waals surface area contributed by atoms with E-state index >= 15 is 0 Å². The molecule has 1 aliphatic rings. The highest BCUT2D eigenvalue weighted by Gasteiger charge is 2.37. The second kappa shape index (κ2) is 5.05. The predicted octanol–water partition coefficient (Wildman–Crippen LogP) is 1.48. The van der Waals surface area contributed by atoms with Crippen LogP contribution in [0.5, 0.6) is 0 Å². The van der Waals surface area contributed by atoms with Gasteiger partial charge in [-0.1, -0.05) is 30.2 Å². The van der Waals surface area contributed by atoms with Crippen molar-refractivity contribution in [1.29, 1.82) is 0 Å². The third-order valence-corrected chi connectivity index (χ3v) is 3.77. The number of nitrogens with one attached hydrogen (secondary N) is 1. The zero-order valence-electron chi connectivity index (χ0n) is 11.1. The summed E-state index contributed by atoms with van der Waals surface area (Å²) < 4.78 is 1.62. The molecule has 1 fully saturated rings. The van der Waals surface area contributed by atoms with Crippen molar-refractivity contribution in [2.24, 2.45) is 5.73 Å². The number of benzene rings is 1. The van der Waals surface area contributed by atoms with Gasteiger partial charge in [0, 0.05) is 0 Å². The first-order valence-corrected chi connectivity index (χ1v) is 6.75. The maximum atomic E-state index is 12.4. The van der Waals surface area contributed by atoms with Crippen LogP contribution in [0.1, 0.15) is 25.7 Å². The van der Waals surface area contributed by atoms with Gasteiger partial charge in [-0.05, 0) is 25.0 Å². The molecule has 0 radical (unpaired) electrons. The van der Waals surface area contributed by atoms with Gasteiger partial charge in [0.25, 0.3) is 0 Å². The molecule has 0 aliphatic heterocycles. The first kappa shape index (κ1) is 12.8. The van der Waals surface area contributed by atoms with E-state index in [-0.39, 0.29) is 5.91 Å². The molecule has 0 spiro atoms. The fraction of sp³-hybridized carbons (Fsp3) is 0.357. The number of nitrogens with zero attached hydrogens (tertiary/aromatic N) is 3. The molecule has 6 nitrogen and oxygen atoms in total. The van der Waals surface area contributed by atoms with Crippen molar-refractivity contribution in [3.63, 3.8) is 0 Å². The lowest BCUT2D eigenvalue weighted by atomic mass is 9.98. The quantitative estimate of drug-likeness (QED) is 0.885. The van der Waals surface area contributed by atoms with Crippen LogP contribution in [0.25, 0.3) is 5.69 Å². The number of hydrogen-bond donors (Lipinski definition) is 2. The van der Waals surface area contributed by atoms with Crippen LogP contribution in [0.4, 0.5) is 5.69 Å². The summed E-state index contributed by atoms with van der Waals surface area (Å²) in [6.45, 7) is 0. The smallest absolute Gasteiger partial charge is 0.244 e. The normalized spacial score (nSPS) is 17.1. The van der Waals surface area contributed by atoms with E-state index in [2.05, 4.69) is 15.6 Å². The minimum atomic E-state index is -0.741. The Morgan fingerprint density at radius 2 is 2.05 bits per heavy atom. The van der Waals surface area contributed by atoms with Gasteiger partial charge in [0.05, 0.1) is 29.3 Å². The zero-order chi connectivity index (χ0) is 14.0. The van der Waals surface area contributed by atoms with Gasteiger partial charge in [-0.25, -0.2) is 4.68 Å². The topological polar surface area (TPSA) is 85.8 Å². The van der Waals surface area contributed by atoms with Crippen molar-refractivity contribution < 1.29 is 4.79 Å². The number of anilines is 1. The Balaban J connectivity index is 1.86. The zero-order valence-corrected chi connectivity index (χ0v) is 11.1. The minimum Gasteiger partial charge on any atom is -0.323 e. The number of rotatable bonds is 3. The van der Waals surface area contributed by atoms with Crippen LogP contribution < -0.4 is 11.1 Å². The SMILES string of the molecule is NC1(C(=O)Nc2ccccc2-n2ccnn2)CCCC1. The molecule has 0 unspecified atom stereocenters. The average Bonchev–Trinajstić information content (AvgIpc) is 3.11. The molecule has 104 valence electrons. The van der Waals surface area contributed by atoms with E-state index < -0.39 is 5.54 Å². The van der Waals surface area contributed by atoms with E-state index in [0.717, 1.165) is 31.4 Å². The molecule has 3 rings (SSSR count). The van der Waals surface area contributed by atoms with E-state index in [9.17, 15) is 4.79 Å². The van der Waals surface area contributed by atoms with Crippen molar-refractivity contribution in [2.75, 3.05) is 5.32 Å². The van der Waals surface area contributed by atoms with E-state index in [1.807, 2.05) is 24.3 Å². The summed E-state index contributed by atoms with van der Waals surface area (Å²) in [5.41, 5.74) is 6.90. The molecule has 1 aromatic heterocycles. The first-order valence-electron chi connectivity index (χ1n) is 6.75. The number of aromatic nitrogens is 3. The van der Waals surface area contributed by atoms with Gasteiger partial charge in [0.15, 0.2) is 0 Å². The Hall–Kier alpha value is -2.21.